The predicted molar refractivity (Wildman–Crippen MR) is 103 cm³/mol. The summed E-state index contributed by atoms with van der Waals surface area (Å²) in [7, 11) is 0. The lowest BCUT2D eigenvalue weighted by atomic mass is 10.1. The fraction of sp³-hybridized carbons (Fsp3) is 0.263. The minimum absolute atomic E-state index is 0.216. The summed E-state index contributed by atoms with van der Waals surface area (Å²) in [4.78, 5) is 0. The van der Waals surface area contributed by atoms with Crippen molar-refractivity contribution in [3.05, 3.63) is 71.3 Å². The second kappa shape index (κ2) is 9.90. The van der Waals surface area contributed by atoms with Crippen LogP contribution in [0.4, 0.5) is 0 Å². The molecule has 5 heteroatoms. The average molecular weight is 341 g/mol. The molecule has 0 aliphatic heterocycles. The molecule has 0 unspecified atom stereocenters. The van der Waals surface area contributed by atoms with E-state index in [1.165, 1.54) is 17.3 Å². The molecule has 2 rings (SSSR count). The molecule has 0 amide bonds. The maximum Gasteiger partial charge on any atom is 0.180 e. The predicted octanol–water partition coefficient (Wildman–Crippen LogP) is 4.19. The number of hydrogen-bond donors (Lipinski definition) is 1. The van der Waals surface area contributed by atoms with Gasteiger partial charge in [-0.05, 0) is 36.6 Å². The van der Waals surface area contributed by atoms with E-state index in [-0.39, 0.29) is 6.10 Å². The number of ether oxygens (including phenoxy) is 1. The molecule has 0 saturated carbocycles. The Kier molecular flexibility index (Phi) is 7.52. The first-order chi connectivity index (χ1) is 11.6. The van der Waals surface area contributed by atoms with Crippen molar-refractivity contribution < 1.29 is 4.74 Å². The summed E-state index contributed by atoms with van der Waals surface area (Å²) in [5.41, 5.74) is 9.18. The van der Waals surface area contributed by atoms with E-state index in [2.05, 4.69) is 22.3 Å². The molecular formula is C19H23N3OS. The van der Waals surface area contributed by atoms with Crippen LogP contribution in [0.15, 0.2) is 64.8 Å². The number of thioether (sulfide) groups is 1. The van der Waals surface area contributed by atoms with Crippen molar-refractivity contribution in [1.82, 2.24) is 0 Å². The number of benzene rings is 2. The molecule has 24 heavy (non-hydrogen) atoms. The van der Waals surface area contributed by atoms with Crippen LogP contribution in [-0.4, -0.2) is 17.5 Å². The first kappa shape index (κ1) is 18.2. The largest absolute Gasteiger partial charge is 0.377 e. The van der Waals surface area contributed by atoms with Gasteiger partial charge in [-0.3, -0.25) is 0 Å². The quantitative estimate of drug-likeness (QED) is 0.466. The summed E-state index contributed by atoms with van der Waals surface area (Å²) >= 11 is 1.47. The Hall–Kier alpha value is -2.11. The van der Waals surface area contributed by atoms with Crippen molar-refractivity contribution in [3.63, 3.8) is 0 Å². The van der Waals surface area contributed by atoms with Gasteiger partial charge in [0.2, 0.25) is 0 Å². The number of amidine groups is 1. The van der Waals surface area contributed by atoms with E-state index < -0.39 is 0 Å². The second-order valence-electron chi connectivity index (χ2n) is 5.56. The Morgan fingerprint density at radius 2 is 1.88 bits per heavy atom. The Bertz CT molecular complexity index is 684. The van der Waals surface area contributed by atoms with Crippen LogP contribution in [-0.2, 0) is 17.1 Å². The Labute approximate surface area is 147 Å². The normalized spacial score (nSPS) is 12.2. The Balaban J connectivity index is 1.86. The van der Waals surface area contributed by atoms with Gasteiger partial charge in [0.1, 0.15) is 0 Å². The van der Waals surface area contributed by atoms with E-state index in [0.717, 1.165) is 16.9 Å². The zero-order valence-electron chi connectivity index (χ0n) is 14.1. The van der Waals surface area contributed by atoms with Gasteiger partial charge in [0.15, 0.2) is 5.17 Å². The highest BCUT2D eigenvalue weighted by atomic mass is 32.2. The molecular weight excluding hydrogens is 318 g/mol. The maximum atomic E-state index is 5.88. The van der Waals surface area contributed by atoms with Gasteiger partial charge in [-0.2, -0.15) is 5.10 Å². The van der Waals surface area contributed by atoms with Crippen molar-refractivity contribution in [1.29, 1.82) is 0 Å². The van der Waals surface area contributed by atoms with Crippen LogP contribution in [0.2, 0.25) is 0 Å². The highest BCUT2D eigenvalue weighted by Gasteiger charge is 1.98. The lowest BCUT2D eigenvalue weighted by molar-refractivity contribution is 0.0657. The zero-order chi connectivity index (χ0) is 17.2. The highest BCUT2D eigenvalue weighted by Crippen LogP contribution is 2.11. The van der Waals surface area contributed by atoms with Gasteiger partial charge in [-0.1, -0.05) is 60.3 Å². The third kappa shape index (κ3) is 6.98. The third-order valence-electron chi connectivity index (χ3n) is 3.13. The Morgan fingerprint density at radius 1 is 1.12 bits per heavy atom. The minimum Gasteiger partial charge on any atom is -0.377 e. The van der Waals surface area contributed by atoms with Crippen molar-refractivity contribution in [2.24, 2.45) is 15.9 Å². The van der Waals surface area contributed by atoms with Crippen LogP contribution in [0.3, 0.4) is 0 Å². The minimum atomic E-state index is 0.216. The van der Waals surface area contributed by atoms with Gasteiger partial charge in [0.05, 0.1) is 18.9 Å². The van der Waals surface area contributed by atoms with E-state index >= 15 is 0 Å². The van der Waals surface area contributed by atoms with Gasteiger partial charge < -0.3 is 10.5 Å². The topological polar surface area (TPSA) is 60.0 Å². The molecule has 2 N–H and O–H groups in total. The van der Waals surface area contributed by atoms with Gasteiger partial charge in [0, 0.05) is 5.75 Å². The van der Waals surface area contributed by atoms with Crippen LogP contribution in [0.25, 0.3) is 0 Å². The number of nitrogens with two attached hydrogens (primary N) is 1. The van der Waals surface area contributed by atoms with Crippen LogP contribution in [0, 0.1) is 0 Å². The molecule has 0 aromatic heterocycles. The van der Waals surface area contributed by atoms with Crippen molar-refractivity contribution in [2.75, 3.05) is 0 Å². The summed E-state index contributed by atoms with van der Waals surface area (Å²) < 4.78 is 5.60. The average Bonchev–Trinajstić information content (AvgIpc) is 2.59. The highest BCUT2D eigenvalue weighted by molar-refractivity contribution is 8.13. The molecule has 0 aliphatic rings. The molecule has 0 radical (unpaired) electrons. The van der Waals surface area contributed by atoms with Gasteiger partial charge in [0.25, 0.3) is 0 Å². The first-order valence-electron chi connectivity index (χ1n) is 7.87. The summed E-state index contributed by atoms with van der Waals surface area (Å²) in [5.74, 6) is 0.785. The molecule has 0 fully saturated rings. The van der Waals surface area contributed by atoms with Gasteiger partial charge in [-0.25, -0.2) is 0 Å². The van der Waals surface area contributed by atoms with Crippen molar-refractivity contribution in [2.45, 2.75) is 32.3 Å². The van der Waals surface area contributed by atoms with E-state index in [1.807, 2.05) is 56.3 Å². The third-order valence-corrected chi connectivity index (χ3v) is 3.98. The molecule has 0 aliphatic carbocycles. The summed E-state index contributed by atoms with van der Waals surface area (Å²) in [6.07, 6.45) is 1.92. The molecule has 0 atom stereocenters. The monoisotopic (exact) mass is 341 g/mol. The molecule has 4 nitrogen and oxygen atoms in total. The van der Waals surface area contributed by atoms with Crippen LogP contribution in [0.5, 0.6) is 0 Å². The fourth-order valence-electron chi connectivity index (χ4n) is 1.94. The SMILES string of the molecule is CC(C)OCc1cccc(C=NN=C(N)SCc2ccccc2)c1. The molecule has 0 heterocycles. The molecule has 0 bridgehead atoms. The van der Waals surface area contributed by atoms with Crippen LogP contribution < -0.4 is 5.73 Å². The van der Waals surface area contributed by atoms with Crippen molar-refractivity contribution in [3.8, 4) is 0 Å². The lowest BCUT2D eigenvalue weighted by Crippen LogP contribution is -2.06. The fourth-order valence-corrected chi connectivity index (χ4v) is 2.55. The molecule has 0 spiro atoms. The number of nitrogens with zero attached hydrogens (tertiary/aromatic N) is 2. The summed E-state index contributed by atoms with van der Waals surface area (Å²) in [5, 5.41) is 8.55. The zero-order valence-corrected chi connectivity index (χ0v) is 14.9. The van der Waals surface area contributed by atoms with Gasteiger partial charge >= 0.3 is 0 Å². The van der Waals surface area contributed by atoms with Crippen LogP contribution in [0.1, 0.15) is 30.5 Å². The van der Waals surface area contributed by atoms with E-state index in [1.54, 1.807) is 6.21 Å². The van der Waals surface area contributed by atoms with E-state index in [9.17, 15) is 0 Å². The number of hydrogen-bond acceptors (Lipinski definition) is 4. The Morgan fingerprint density at radius 3 is 2.62 bits per heavy atom. The smallest absolute Gasteiger partial charge is 0.180 e. The maximum absolute atomic E-state index is 5.88. The number of rotatable bonds is 7. The van der Waals surface area contributed by atoms with E-state index in [0.29, 0.717) is 11.8 Å². The molecule has 2 aromatic carbocycles. The lowest BCUT2D eigenvalue weighted by Gasteiger charge is -2.07. The van der Waals surface area contributed by atoms with Gasteiger partial charge in [-0.15, -0.1) is 5.10 Å². The van der Waals surface area contributed by atoms with E-state index in [4.69, 9.17) is 10.5 Å². The molecule has 2 aromatic rings. The summed E-state index contributed by atoms with van der Waals surface area (Å²) in [6, 6.07) is 18.2. The van der Waals surface area contributed by atoms with Crippen molar-refractivity contribution >= 4 is 23.1 Å². The standard InChI is InChI=1S/C19H23N3OS/c1-15(2)23-13-18-10-6-9-17(11-18)12-21-22-19(20)24-14-16-7-4-3-5-8-16/h3-12,15H,13-14H2,1-2H3,(H2,20,22). The first-order valence-corrected chi connectivity index (χ1v) is 8.86. The second-order valence-corrected chi connectivity index (χ2v) is 6.56. The molecule has 0 saturated heterocycles. The molecule has 126 valence electrons. The van der Waals surface area contributed by atoms with Crippen LogP contribution >= 0.6 is 11.8 Å². The summed E-state index contributed by atoms with van der Waals surface area (Å²) in [6.45, 7) is 4.64.